The SMILES string of the molecule is CC=CC(=O)N1C(=O)OC[C@@H]1C(C)C. The molecular weight excluding hydrogens is 182 g/mol. The minimum absolute atomic E-state index is 0.133. The van der Waals surface area contributed by atoms with Crippen molar-refractivity contribution in [3.05, 3.63) is 12.2 Å². The highest BCUT2D eigenvalue weighted by atomic mass is 16.6. The maximum Gasteiger partial charge on any atom is 0.417 e. The molecule has 1 saturated heterocycles. The number of imide groups is 1. The Morgan fingerprint density at radius 3 is 2.79 bits per heavy atom. The molecular formula is C10H15NO3. The number of hydrogen-bond donors (Lipinski definition) is 0. The Kier molecular flexibility index (Phi) is 3.28. The van der Waals surface area contributed by atoms with Gasteiger partial charge in [-0.05, 0) is 18.9 Å². The van der Waals surface area contributed by atoms with Gasteiger partial charge in [0.15, 0.2) is 0 Å². The van der Waals surface area contributed by atoms with Gasteiger partial charge < -0.3 is 4.74 Å². The molecule has 0 aromatic carbocycles. The second-order valence-electron chi connectivity index (χ2n) is 3.60. The average molecular weight is 197 g/mol. The highest BCUT2D eigenvalue weighted by molar-refractivity contribution is 5.99. The molecule has 0 aromatic rings. The summed E-state index contributed by atoms with van der Waals surface area (Å²) in [4.78, 5) is 23.9. The topological polar surface area (TPSA) is 46.6 Å². The summed E-state index contributed by atoms with van der Waals surface area (Å²) in [5, 5.41) is 0. The van der Waals surface area contributed by atoms with E-state index in [1.54, 1.807) is 13.0 Å². The molecule has 0 radical (unpaired) electrons. The molecule has 0 aliphatic carbocycles. The number of allylic oxidation sites excluding steroid dienone is 1. The number of ether oxygens (including phenoxy) is 1. The molecule has 0 aromatic heterocycles. The molecule has 1 atom stereocenters. The molecule has 14 heavy (non-hydrogen) atoms. The van der Waals surface area contributed by atoms with E-state index in [0.717, 1.165) is 0 Å². The zero-order valence-electron chi connectivity index (χ0n) is 8.69. The summed E-state index contributed by atoms with van der Waals surface area (Å²) in [5.74, 6) is -0.0793. The fourth-order valence-corrected chi connectivity index (χ4v) is 1.40. The lowest BCUT2D eigenvalue weighted by atomic mass is 10.0. The smallest absolute Gasteiger partial charge is 0.417 e. The van der Waals surface area contributed by atoms with Crippen LogP contribution in [0.4, 0.5) is 4.79 Å². The molecule has 0 unspecified atom stereocenters. The van der Waals surface area contributed by atoms with Gasteiger partial charge in [-0.15, -0.1) is 0 Å². The van der Waals surface area contributed by atoms with Crippen LogP contribution < -0.4 is 0 Å². The van der Waals surface area contributed by atoms with Gasteiger partial charge in [0.1, 0.15) is 6.61 Å². The van der Waals surface area contributed by atoms with E-state index in [9.17, 15) is 9.59 Å². The van der Waals surface area contributed by atoms with Crippen LogP contribution in [0.5, 0.6) is 0 Å². The van der Waals surface area contributed by atoms with Crippen LogP contribution in [-0.4, -0.2) is 29.5 Å². The van der Waals surface area contributed by atoms with Crippen LogP contribution >= 0.6 is 0 Å². The molecule has 0 spiro atoms. The molecule has 4 nitrogen and oxygen atoms in total. The van der Waals surface area contributed by atoms with E-state index < -0.39 is 6.09 Å². The maximum atomic E-state index is 11.5. The first-order valence-electron chi connectivity index (χ1n) is 4.70. The van der Waals surface area contributed by atoms with Crippen LogP contribution in [-0.2, 0) is 9.53 Å². The van der Waals surface area contributed by atoms with Crippen molar-refractivity contribution in [2.24, 2.45) is 5.92 Å². The van der Waals surface area contributed by atoms with Crippen molar-refractivity contribution in [1.29, 1.82) is 0 Å². The van der Waals surface area contributed by atoms with Gasteiger partial charge >= 0.3 is 6.09 Å². The first kappa shape index (κ1) is 10.8. The van der Waals surface area contributed by atoms with Crippen molar-refractivity contribution in [2.45, 2.75) is 26.8 Å². The van der Waals surface area contributed by atoms with Gasteiger partial charge in [-0.1, -0.05) is 19.9 Å². The second kappa shape index (κ2) is 4.26. The van der Waals surface area contributed by atoms with Crippen molar-refractivity contribution < 1.29 is 14.3 Å². The standard InChI is InChI=1S/C10H15NO3/c1-4-5-9(12)11-8(7(2)3)6-14-10(11)13/h4-5,7-8H,6H2,1-3H3/t8-/m1/s1. The van der Waals surface area contributed by atoms with E-state index in [1.165, 1.54) is 11.0 Å². The fourth-order valence-electron chi connectivity index (χ4n) is 1.40. The quantitative estimate of drug-likeness (QED) is 0.631. The van der Waals surface area contributed by atoms with Gasteiger partial charge in [-0.2, -0.15) is 0 Å². The van der Waals surface area contributed by atoms with Gasteiger partial charge in [0.25, 0.3) is 5.91 Å². The van der Waals surface area contributed by atoms with Gasteiger partial charge in [0, 0.05) is 0 Å². The maximum absolute atomic E-state index is 11.5. The van der Waals surface area contributed by atoms with Crippen molar-refractivity contribution >= 4 is 12.0 Å². The summed E-state index contributed by atoms with van der Waals surface area (Å²) in [7, 11) is 0. The largest absolute Gasteiger partial charge is 0.447 e. The highest BCUT2D eigenvalue weighted by Crippen LogP contribution is 2.19. The first-order valence-corrected chi connectivity index (χ1v) is 4.70. The molecule has 0 saturated carbocycles. The number of cyclic esters (lactones) is 1. The molecule has 0 N–H and O–H groups in total. The van der Waals surface area contributed by atoms with Crippen LogP contribution in [0.1, 0.15) is 20.8 Å². The lowest BCUT2D eigenvalue weighted by Gasteiger charge is -2.20. The van der Waals surface area contributed by atoms with E-state index in [-0.39, 0.29) is 17.9 Å². The zero-order valence-corrected chi connectivity index (χ0v) is 8.69. The molecule has 78 valence electrons. The lowest BCUT2D eigenvalue weighted by molar-refractivity contribution is -0.124. The summed E-state index contributed by atoms with van der Waals surface area (Å²) in [6, 6.07) is -0.133. The number of carbonyl (C=O) groups is 2. The normalized spacial score (nSPS) is 22.1. The minimum atomic E-state index is -0.535. The Labute approximate surface area is 83.5 Å². The van der Waals surface area contributed by atoms with Gasteiger partial charge in [-0.25, -0.2) is 9.69 Å². The number of carbonyl (C=O) groups excluding carboxylic acids is 2. The molecule has 1 heterocycles. The Balaban J connectivity index is 2.81. The Morgan fingerprint density at radius 2 is 2.29 bits per heavy atom. The number of amides is 2. The Hall–Kier alpha value is -1.32. The van der Waals surface area contributed by atoms with E-state index in [0.29, 0.717) is 6.61 Å². The third-order valence-electron chi connectivity index (χ3n) is 2.22. The van der Waals surface area contributed by atoms with E-state index >= 15 is 0 Å². The molecule has 1 aliphatic heterocycles. The summed E-state index contributed by atoms with van der Waals surface area (Å²) in [6.45, 7) is 5.97. The molecule has 4 heteroatoms. The summed E-state index contributed by atoms with van der Waals surface area (Å²) in [5.41, 5.74) is 0. The molecule has 1 fully saturated rings. The van der Waals surface area contributed by atoms with Crippen LogP contribution in [0, 0.1) is 5.92 Å². The van der Waals surface area contributed by atoms with E-state index in [1.807, 2.05) is 13.8 Å². The Morgan fingerprint density at radius 1 is 1.64 bits per heavy atom. The second-order valence-corrected chi connectivity index (χ2v) is 3.60. The third kappa shape index (κ3) is 1.95. The predicted molar refractivity (Wildman–Crippen MR) is 51.6 cm³/mol. The number of rotatable bonds is 2. The van der Waals surface area contributed by atoms with Crippen LogP contribution in [0.25, 0.3) is 0 Å². The molecule has 0 bridgehead atoms. The summed E-state index contributed by atoms with van der Waals surface area (Å²) in [6.07, 6.45) is 2.46. The molecule has 2 amide bonds. The zero-order chi connectivity index (χ0) is 10.7. The molecule has 1 aliphatic rings. The van der Waals surface area contributed by atoms with Crippen LogP contribution in [0.15, 0.2) is 12.2 Å². The van der Waals surface area contributed by atoms with Crippen molar-refractivity contribution in [1.82, 2.24) is 4.90 Å². The Bertz CT molecular complexity index is 271. The monoisotopic (exact) mass is 197 g/mol. The molecule has 1 rings (SSSR count). The van der Waals surface area contributed by atoms with Gasteiger partial charge in [-0.3, -0.25) is 4.79 Å². The van der Waals surface area contributed by atoms with Crippen LogP contribution in [0.3, 0.4) is 0 Å². The van der Waals surface area contributed by atoms with Crippen molar-refractivity contribution in [3.8, 4) is 0 Å². The first-order chi connectivity index (χ1) is 6.57. The minimum Gasteiger partial charge on any atom is -0.447 e. The van der Waals surface area contributed by atoms with Crippen molar-refractivity contribution in [2.75, 3.05) is 6.61 Å². The average Bonchev–Trinajstić information content (AvgIpc) is 2.47. The van der Waals surface area contributed by atoms with Crippen LogP contribution in [0.2, 0.25) is 0 Å². The van der Waals surface area contributed by atoms with Gasteiger partial charge in [0.2, 0.25) is 0 Å². The summed E-state index contributed by atoms with van der Waals surface area (Å²) < 4.78 is 4.84. The van der Waals surface area contributed by atoms with E-state index in [2.05, 4.69) is 0 Å². The van der Waals surface area contributed by atoms with Crippen molar-refractivity contribution in [3.63, 3.8) is 0 Å². The summed E-state index contributed by atoms with van der Waals surface area (Å²) >= 11 is 0. The van der Waals surface area contributed by atoms with Gasteiger partial charge in [0.05, 0.1) is 6.04 Å². The van der Waals surface area contributed by atoms with E-state index in [4.69, 9.17) is 4.74 Å². The predicted octanol–water partition coefficient (Wildman–Crippen LogP) is 1.57. The fraction of sp³-hybridized carbons (Fsp3) is 0.600. The number of hydrogen-bond acceptors (Lipinski definition) is 3. The highest BCUT2D eigenvalue weighted by Gasteiger charge is 2.38. The lowest BCUT2D eigenvalue weighted by Crippen LogP contribution is -2.40. The third-order valence-corrected chi connectivity index (χ3v) is 2.22. The number of nitrogens with zero attached hydrogens (tertiary/aromatic N) is 1.